The lowest BCUT2D eigenvalue weighted by Crippen LogP contribution is -2.11. The molecule has 0 spiro atoms. The highest BCUT2D eigenvalue weighted by atomic mass is 79.9. The van der Waals surface area contributed by atoms with Crippen molar-refractivity contribution < 1.29 is 0 Å². The molecule has 0 nitrogen and oxygen atoms in total. The van der Waals surface area contributed by atoms with Crippen molar-refractivity contribution in [1.29, 1.82) is 0 Å². The lowest BCUT2D eigenvalue weighted by atomic mass is 9.85. The van der Waals surface area contributed by atoms with Crippen molar-refractivity contribution in [3.8, 4) is 0 Å². The Kier molecular flexibility index (Phi) is 5.70. The topological polar surface area (TPSA) is 0 Å². The van der Waals surface area contributed by atoms with Crippen molar-refractivity contribution in [3.05, 3.63) is 35.9 Å². The molecule has 0 heterocycles. The molecular weight excluding hydrogens is 271 g/mol. The van der Waals surface area contributed by atoms with E-state index in [-0.39, 0.29) is 12.4 Å². The highest BCUT2D eigenvalue weighted by molar-refractivity contribution is 9.09. The normalized spacial score (nSPS) is 19.3. The second-order valence-electron chi connectivity index (χ2n) is 4.21. The van der Waals surface area contributed by atoms with E-state index in [9.17, 15) is 0 Å². The van der Waals surface area contributed by atoms with Gasteiger partial charge in [0.1, 0.15) is 0 Å². The zero-order chi connectivity index (χ0) is 9.80. The number of hydrogen-bond acceptors (Lipinski definition) is 0. The Morgan fingerprint density at radius 2 is 1.60 bits per heavy atom. The molecule has 0 aromatic heterocycles. The summed E-state index contributed by atoms with van der Waals surface area (Å²) >= 11 is 3.85. The maximum Gasteiger partial charge on any atom is 0.0423 e. The molecule has 0 bridgehead atoms. The van der Waals surface area contributed by atoms with Crippen LogP contribution in [0.25, 0.3) is 0 Å². The smallest absolute Gasteiger partial charge is 0.0423 e. The molecule has 1 atom stereocenters. The Bertz CT molecular complexity index is 267. The number of alkyl halides is 1. The molecule has 2 heteroatoms. The van der Waals surface area contributed by atoms with Gasteiger partial charge in [-0.1, -0.05) is 65.5 Å². The number of hydrogen-bond donors (Lipinski definition) is 0. The summed E-state index contributed by atoms with van der Waals surface area (Å²) in [7, 11) is 0. The molecule has 1 fully saturated rings. The first kappa shape index (κ1) is 13.1. The van der Waals surface area contributed by atoms with Gasteiger partial charge < -0.3 is 0 Å². The van der Waals surface area contributed by atoms with Crippen LogP contribution in [0.1, 0.15) is 42.5 Å². The van der Waals surface area contributed by atoms with Crippen LogP contribution in [0.2, 0.25) is 0 Å². The molecule has 15 heavy (non-hydrogen) atoms. The summed E-state index contributed by atoms with van der Waals surface area (Å²) in [6, 6.07) is 10.8. The highest BCUT2D eigenvalue weighted by Gasteiger charge is 2.22. The van der Waals surface area contributed by atoms with E-state index in [0.29, 0.717) is 4.83 Å². The molecule has 2 rings (SSSR count). The Labute approximate surface area is 107 Å². The Morgan fingerprint density at radius 1 is 1.00 bits per heavy atom. The molecule has 1 aliphatic carbocycles. The van der Waals surface area contributed by atoms with Crippen LogP contribution in [0.5, 0.6) is 0 Å². The maximum absolute atomic E-state index is 3.85. The van der Waals surface area contributed by atoms with Crippen molar-refractivity contribution >= 4 is 28.3 Å². The molecule has 0 saturated heterocycles. The average Bonchev–Trinajstić information content (AvgIpc) is 2.30. The first-order valence-corrected chi connectivity index (χ1v) is 6.48. The summed E-state index contributed by atoms with van der Waals surface area (Å²) in [5, 5.41) is 0. The van der Waals surface area contributed by atoms with E-state index in [1.165, 1.54) is 37.7 Å². The molecule has 0 N–H and O–H groups in total. The molecule has 1 saturated carbocycles. The van der Waals surface area contributed by atoms with E-state index >= 15 is 0 Å². The number of halogens is 2. The van der Waals surface area contributed by atoms with E-state index in [2.05, 4.69) is 46.3 Å². The molecule has 1 aliphatic rings. The summed E-state index contributed by atoms with van der Waals surface area (Å²) < 4.78 is 0. The van der Waals surface area contributed by atoms with Gasteiger partial charge >= 0.3 is 0 Å². The van der Waals surface area contributed by atoms with Gasteiger partial charge in [0.15, 0.2) is 0 Å². The minimum Gasteiger partial charge on any atom is -0.147 e. The van der Waals surface area contributed by atoms with Gasteiger partial charge in [0.05, 0.1) is 0 Å². The fraction of sp³-hybridized carbons (Fsp3) is 0.538. The van der Waals surface area contributed by atoms with Crippen molar-refractivity contribution in [3.63, 3.8) is 0 Å². The summed E-state index contributed by atoms with van der Waals surface area (Å²) in [5.41, 5.74) is 1.44. The fourth-order valence-corrected chi connectivity index (χ4v) is 3.17. The second-order valence-corrected chi connectivity index (χ2v) is 5.20. The first-order valence-electron chi connectivity index (χ1n) is 5.57. The molecule has 1 unspecified atom stereocenters. The first-order chi connectivity index (χ1) is 6.88. The fourth-order valence-electron chi connectivity index (χ4n) is 2.34. The average molecular weight is 290 g/mol. The summed E-state index contributed by atoms with van der Waals surface area (Å²) in [4.78, 5) is 0.573. The lowest BCUT2D eigenvalue weighted by Gasteiger charge is -2.26. The van der Waals surface area contributed by atoms with E-state index in [4.69, 9.17) is 0 Å². The minimum atomic E-state index is 0. The van der Waals surface area contributed by atoms with E-state index in [1.807, 2.05) is 0 Å². The van der Waals surface area contributed by atoms with Crippen LogP contribution in [0.15, 0.2) is 30.3 Å². The molecular formula is C13H18BrCl. The zero-order valence-corrected chi connectivity index (χ0v) is 11.3. The molecule has 1 aromatic carbocycles. The van der Waals surface area contributed by atoms with Gasteiger partial charge in [0.25, 0.3) is 0 Å². The quantitative estimate of drug-likeness (QED) is 0.663. The van der Waals surface area contributed by atoms with Crippen molar-refractivity contribution in [2.24, 2.45) is 5.92 Å². The lowest BCUT2D eigenvalue weighted by molar-refractivity contribution is 0.354. The number of rotatable bonds is 2. The third-order valence-corrected chi connectivity index (χ3v) is 4.46. The highest BCUT2D eigenvalue weighted by Crippen LogP contribution is 2.39. The van der Waals surface area contributed by atoms with Gasteiger partial charge in [0.2, 0.25) is 0 Å². The minimum absolute atomic E-state index is 0. The molecule has 0 amide bonds. The van der Waals surface area contributed by atoms with Crippen LogP contribution < -0.4 is 0 Å². The van der Waals surface area contributed by atoms with Crippen LogP contribution >= 0.6 is 28.3 Å². The standard InChI is InChI=1S/C13H17Br.ClH/c14-13(11-7-3-1-4-8-11)12-9-5-2-6-10-12;/h1,3-4,7-8,12-13H,2,5-6,9-10H2;1H. The third-order valence-electron chi connectivity index (χ3n) is 3.18. The monoisotopic (exact) mass is 288 g/mol. The van der Waals surface area contributed by atoms with Gasteiger partial charge in [-0.2, -0.15) is 0 Å². The molecule has 0 aliphatic heterocycles. The second kappa shape index (κ2) is 6.55. The van der Waals surface area contributed by atoms with Gasteiger partial charge in [0, 0.05) is 4.83 Å². The van der Waals surface area contributed by atoms with Crippen LogP contribution in [-0.2, 0) is 0 Å². The number of benzene rings is 1. The largest absolute Gasteiger partial charge is 0.147 e. The van der Waals surface area contributed by atoms with Crippen LogP contribution in [0.4, 0.5) is 0 Å². The van der Waals surface area contributed by atoms with Crippen LogP contribution in [0.3, 0.4) is 0 Å². The predicted molar refractivity (Wildman–Crippen MR) is 71.9 cm³/mol. The third kappa shape index (κ3) is 3.49. The predicted octanol–water partition coefficient (Wildman–Crippen LogP) is 5.12. The molecule has 0 radical (unpaired) electrons. The zero-order valence-electron chi connectivity index (χ0n) is 8.86. The summed E-state index contributed by atoms with van der Waals surface area (Å²) in [6.07, 6.45) is 7.06. The van der Waals surface area contributed by atoms with Crippen molar-refractivity contribution in [2.45, 2.75) is 36.9 Å². The SMILES string of the molecule is BrC(c1ccccc1)C1CCCCC1.Cl. The van der Waals surface area contributed by atoms with E-state index < -0.39 is 0 Å². The maximum atomic E-state index is 3.85. The Hall–Kier alpha value is -0.0100. The van der Waals surface area contributed by atoms with Gasteiger partial charge in [-0.3, -0.25) is 0 Å². The summed E-state index contributed by atoms with van der Waals surface area (Å²) in [5.74, 6) is 0.853. The van der Waals surface area contributed by atoms with Gasteiger partial charge in [-0.05, 0) is 24.3 Å². The van der Waals surface area contributed by atoms with Crippen molar-refractivity contribution in [2.75, 3.05) is 0 Å². The Morgan fingerprint density at radius 3 is 2.20 bits per heavy atom. The molecule has 84 valence electrons. The van der Waals surface area contributed by atoms with Crippen LogP contribution in [0, 0.1) is 5.92 Å². The van der Waals surface area contributed by atoms with Crippen LogP contribution in [-0.4, -0.2) is 0 Å². The Balaban J connectivity index is 0.00000112. The van der Waals surface area contributed by atoms with Gasteiger partial charge in [-0.15, -0.1) is 12.4 Å². The molecule has 1 aromatic rings. The van der Waals surface area contributed by atoms with E-state index in [1.54, 1.807) is 0 Å². The summed E-state index contributed by atoms with van der Waals surface area (Å²) in [6.45, 7) is 0. The van der Waals surface area contributed by atoms with Crippen molar-refractivity contribution in [1.82, 2.24) is 0 Å². The van der Waals surface area contributed by atoms with E-state index in [0.717, 1.165) is 5.92 Å². The van der Waals surface area contributed by atoms with Gasteiger partial charge in [-0.25, -0.2) is 0 Å².